The van der Waals surface area contributed by atoms with Gasteiger partial charge in [-0.15, -0.1) is 15.3 Å². The fourth-order valence-corrected chi connectivity index (χ4v) is 5.57. The third-order valence-corrected chi connectivity index (χ3v) is 7.64. The molecular formula is C23H26N10O3S. The first-order valence-electron chi connectivity index (χ1n) is 11.9. The Morgan fingerprint density at radius 3 is 2.57 bits per heavy atom. The van der Waals surface area contributed by atoms with E-state index in [1.807, 2.05) is 25.1 Å². The minimum atomic E-state index is -3.61. The molecule has 37 heavy (non-hydrogen) atoms. The predicted octanol–water partition coefficient (Wildman–Crippen LogP) is 1.87. The molecule has 0 atom stereocenters. The highest BCUT2D eigenvalue weighted by molar-refractivity contribution is 7.89. The van der Waals surface area contributed by atoms with Crippen molar-refractivity contribution < 1.29 is 13.2 Å². The molecule has 5 rings (SSSR count). The predicted molar refractivity (Wildman–Crippen MR) is 133 cm³/mol. The molecule has 0 spiro atoms. The molecule has 1 aliphatic carbocycles. The van der Waals surface area contributed by atoms with Crippen LogP contribution in [-0.2, 0) is 21.4 Å². The molecule has 0 unspecified atom stereocenters. The van der Waals surface area contributed by atoms with E-state index in [-0.39, 0.29) is 23.4 Å². The number of carbonyl (C=O) groups excluding carboxylic acids is 1. The van der Waals surface area contributed by atoms with E-state index in [1.54, 1.807) is 12.1 Å². The first-order chi connectivity index (χ1) is 17.9. The second-order valence-corrected chi connectivity index (χ2v) is 10.7. The van der Waals surface area contributed by atoms with Gasteiger partial charge in [0, 0.05) is 17.3 Å². The quantitative estimate of drug-likeness (QED) is 0.352. The lowest BCUT2D eigenvalue weighted by Gasteiger charge is -2.22. The molecule has 2 aromatic carbocycles. The van der Waals surface area contributed by atoms with Crippen LogP contribution in [0.15, 0.2) is 53.7 Å². The number of hydrogen-bond acceptors (Lipinski definition) is 9. The standard InChI is InChI=1S/C23H26N10O3S/c1-16-7-12-20(21(13-16)32-15-24-29-31-32)23-26-30-33(27-23)14-22(34)25-17-8-10-19(11-9-17)37(35,36)28-18-5-3-2-4-6-18/h7-13,15,18,28H,2-6,14H2,1H3,(H,25,34). The lowest BCUT2D eigenvalue weighted by molar-refractivity contribution is -0.117. The summed E-state index contributed by atoms with van der Waals surface area (Å²) in [6.07, 6.45) is 6.39. The zero-order valence-corrected chi connectivity index (χ0v) is 21.0. The fourth-order valence-electron chi connectivity index (χ4n) is 4.26. The monoisotopic (exact) mass is 522 g/mol. The number of hydrogen-bond donors (Lipinski definition) is 2. The minimum absolute atomic E-state index is 0.0259. The first kappa shape index (κ1) is 24.6. The van der Waals surface area contributed by atoms with Gasteiger partial charge in [-0.2, -0.15) is 9.48 Å². The highest BCUT2D eigenvalue weighted by Gasteiger charge is 2.22. The summed E-state index contributed by atoms with van der Waals surface area (Å²) in [5, 5.41) is 26.4. The SMILES string of the molecule is Cc1ccc(-c2nnn(CC(=O)Nc3ccc(S(=O)(=O)NC4CCCCC4)cc3)n2)c(-n2cnnn2)c1. The third-order valence-electron chi connectivity index (χ3n) is 6.10. The normalized spacial score (nSPS) is 14.5. The highest BCUT2D eigenvalue weighted by Crippen LogP contribution is 2.24. The summed E-state index contributed by atoms with van der Waals surface area (Å²) in [6, 6.07) is 11.7. The molecule has 0 radical (unpaired) electrons. The number of amides is 1. The summed E-state index contributed by atoms with van der Waals surface area (Å²) in [4.78, 5) is 13.9. The van der Waals surface area contributed by atoms with Crippen LogP contribution in [0.25, 0.3) is 17.1 Å². The lowest BCUT2D eigenvalue weighted by Crippen LogP contribution is -2.36. The fraction of sp³-hybridized carbons (Fsp3) is 0.348. The summed E-state index contributed by atoms with van der Waals surface area (Å²) in [5.74, 6) is -0.0668. The van der Waals surface area contributed by atoms with Gasteiger partial charge in [0.15, 0.2) is 0 Å². The van der Waals surface area contributed by atoms with Gasteiger partial charge in [0.1, 0.15) is 12.9 Å². The topological polar surface area (TPSA) is 162 Å². The number of aryl methyl sites for hydroxylation is 1. The number of tetrazole rings is 2. The maximum Gasteiger partial charge on any atom is 0.248 e. The number of sulfonamides is 1. The molecule has 14 heteroatoms. The maximum atomic E-state index is 12.7. The van der Waals surface area contributed by atoms with Gasteiger partial charge in [0.2, 0.25) is 21.8 Å². The van der Waals surface area contributed by atoms with Crippen molar-refractivity contribution in [2.75, 3.05) is 5.32 Å². The van der Waals surface area contributed by atoms with E-state index in [4.69, 9.17) is 0 Å². The van der Waals surface area contributed by atoms with Crippen molar-refractivity contribution in [2.24, 2.45) is 0 Å². The number of nitrogens with zero attached hydrogens (tertiary/aromatic N) is 8. The molecular weight excluding hydrogens is 496 g/mol. The molecule has 192 valence electrons. The van der Waals surface area contributed by atoms with Gasteiger partial charge >= 0.3 is 0 Å². The van der Waals surface area contributed by atoms with Crippen LogP contribution in [-0.4, -0.2) is 60.8 Å². The van der Waals surface area contributed by atoms with Gasteiger partial charge in [-0.05, 0) is 77.4 Å². The van der Waals surface area contributed by atoms with Crippen molar-refractivity contribution in [3.05, 3.63) is 54.4 Å². The maximum absolute atomic E-state index is 12.7. The largest absolute Gasteiger partial charge is 0.324 e. The molecule has 2 heterocycles. The lowest BCUT2D eigenvalue weighted by atomic mass is 9.96. The molecule has 4 aromatic rings. The smallest absolute Gasteiger partial charge is 0.248 e. The minimum Gasteiger partial charge on any atom is -0.324 e. The van der Waals surface area contributed by atoms with Crippen molar-refractivity contribution in [1.29, 1.82) is 0 Å². The van der Waals surface area contributed by atoms with E-state index in [9.17, 15) is 13.2 Å². The molecule has 2 aromatic heterocycles. The summed E-state index contributed by atoms with van der Waals surface area (Å²) >= 11 is 0. The molecule has 1 aliphatic rings. The number of aromatic nitrogens is 8. The Morgan fingerprint density at radius 2 is 1.84 bits per heavy atom. The summed E-state index contributed by atoms with van der Waals surface area (Å²) in [5.41, 5.74) is 2.80. The Bertz CT molecular complexity index is 1480. The van der Waals surface area contributed by atoms with Gasteiger partial charge in [-0.3, -0.25) is 4.79 Å². The van der Waals surface area contributed by atoms with E-state index in [0.717, 1.165) is 37.7 Å². The highest BCUT2D eigenvalue weighted by atomic mass is 32.2. The molecule has 1 saturated carbocycles. The number of carbonyl (C=O) groups is 1. The van der Waals surface area contributed by atoms with Crippen LogP contribution < -0.4 is 10.0 Å². The molecule has 2 N–H and O–H groups in total. The van der Waals surface area contributed by atoms with Crippen molar-refractivity contribution in [2.45, 2.75) is 56.5 Å². The van der Waals surface area contributed by atoms with E-state index >= 15 is 0 Å². The van der Waals surface area contributed by atoms with Crippen LogP contribution in [0, 0.1) is 6.92 Å². The van der Waals surface area contributed by atoms with Crippen molar-refractivity contribution in [3.8, 4) is 17.1 Å². The molecule has 1 amide bonds. The van der Waals surface area contributed by atoms with Crippen LogP contribution in [0.3, 0.4) is 0 Å². The van der Waals surface area contributed by atoms with Crippen LogP contribution in [0.4, 0.5) is 5.69 Å². The van der Waals surface area contributed by atoms with Gasteiger partial charge < -0.3 is 5.32 Å². The van der Waals surface area contributed by atoms with Crippen LogP contribution in [0.1, 0.15) is 37.7 Å². The number of nitrogens with one attached hydrogen (secondary N) is 2. The molecule has 0 bridgehead atoms. The molecule has 0 aliphatic heterocycles. The van der Waals surface area contributed by atoms with E-state index < -0.39 is 10.0 Å². The number of benzene rings is 2. The Balaban J connectivity index is 1.23. The molecule has 1 fully saturated rings. The van der Waals surface area contributed by atoms with Crippen molar-refractivity contribution >= 4 is 21.6 Å². The van der Waals surface area contributed by atoms with E-state index in [0.29, 0.717) is 22.8 Å². The van der Waals surface area contributed by atoms with Crippen molar-refractivity contribution in [1.82, 2.24) is 45.1 Å². The summed E-state index contributed by atoms with van der Waals surface area (Å²) in [7, 11) is -3.61. The number of anilines is 1. The van der Waals surface area contributed by atoms with Crippen molar-refractivity contribution in [3.63, 3.8) is 0 Å². The van der Waals surface area contributed by atoms with Gasteiger partial charge in [-0.25, -0.2) is 13.1 Å². The number of rotatable bonds is 8. The van der Waals surface area contributed by atoms with Crippen LogP contribution >= 0.6 is 0 Å². The summed E-state index contributed by atoms with van der Waals surface area (Å²) in [6.45, 7) is 1.77. The average molecular weight is 523 g/mol. The Labute approximate surface area is 213 Å². The molecule has 0 saturated heterocycles. The second kappa shape index (κ2) is 10.5. The third kappa shape index (κ3) is 5.86. The van der Waals surface area contributed by atoms with Gasteiger partial charge in [-0.1, -0.05) is 25.3 Å². The van der Waals surface area contributed by atoms with Gasteiger partial charge in [0.25, 0.3) is 0 Å². The second-order valence-electron chi connectivity index (χ2n) is 8.95. The zero-order valence-electron chi connectivity index (χ0n) is 20.1. The average Bonchev–Trinajstić information content (AvgIpc) is 3.57. The Morgan fingerprint density at radius 1 is 1.05 bits per heavy atom. The van der Waals surface area contributed by atoms with Gasteiger partial charge in [0.05, 0.1) is 10.6 Å². The summed E-state index contributed by atoms with van der Waals surface area (Å²) < 4.78 is 29.6. The van der Waals surface area contributed by atoms with E-state index in [1.165, 1.54) is 27.9 Å². The Kier molecular flexibility index (Phi) is 7.01. The first-order valence-corrected chi connectivity index (χ1v) is 13.4. The zero-order chi connectivity index (χ0) is 25.8. The van der Waals surface area contributed by atoms with Crippen LogP contribution in [0.2, 0.25) is 0 Å². The Hall–Kier alpha value is -4.04. The van der Waals surface area contributed by atoms with Crippen LogP contribution in [0.5, 0.6) is 0 Å². The molecule has 13 nitrogen and oxygen atoms in total. The van der Waals surface area contributed by atoms with E-state index in [2.05, 4.69) is 41.0 Å².